The van der Waals surface area contributed by atoms with Crippen LogP contribution < -0.4 is 5.32 Å². The fourth-order valence-electron chi connectivity index (χ4n) is 3.08. The molecule has 1 N–H and O–H groups in total. The molecule has 0 amide bonds. The smallest absolute Gasteiger partial charge is 0.0161 e. The first-order valence-corrected chi connectivity index (χ1v) is 6.56. The summed E-state index contributed by atoms with van der Waals surface area (Å²) in [4.78, 5) is 0. The third kappa shape index (κ3) is 3.10. The van der Waals surface area contributed by atoms with Gasteiger partial charge in [-0.25, -0.2) is 0 Å². The maximum atomic E-state index is 4.22. The van der Waals surface area contributed by atoms with Crippen LogP contribution in [0, 0.1) is 17.3 Å². The van der Waals surface area contributed by atoms with E-state index in [9.17, 15) is 0 Å². The summed E-state index contributed by atoms with van der Waals surface area (Å²) in [7, 11) is 1.98. The van der Waals surface area contributed by atoms with E-state index >= 15 is 0 Å². The highest BCUT2D eigenvalue weighted by Crippen LogP contribution is 2.48. The van der Waals surface area contributed by atoms with Crippen molar-refractivity contribution in [2.75, 3.05) is 13.6 Å². The van der Waals surface area contributed by atoms with Crippen LogP contribution in [0.25, 0.3) is 0 Å². The van der Waals surface area contributed by atoms with E-state index < -0.39 is 0 Å². The molecule has 0 aromatic heterocycles. The van der Waals surface area contributed by atoms with Crippen LogP contribution >= 0.6 is 0 Å². The van der Waals surface area contributed by atoms with Crippen LogP contribution in [-0.4, -0.2) is 13.6 Å². The molecule has 0 bridgehead atoms. The van der Waals surface area contributed by atoms with Gasteiger partial charge < -0.3 is 5.32 Å². The molecule has 1 aliphatic rings. The molecular weight excluding hydrogens is 206 g/mol. The summed E-state index contributed by atoms with van der Waals surface area (Å²) >= 11 is 0. The number of nitrogens with one attached hydrogen (secondary N) is 1. The zero-order chi connectivity index (χ0) is 13.1. The van der Waals surface area contributed by atoms with Crippen LogP contribution in [0.4, 0.5) is 0 Å². The summed E-state index contributed by atoms with van der Waals surface area (Å²) in [5.41, 5.74) is 2.85. The fourth-order valence-corrected chi connectivity index (χ4v) is 3.08. The van der Waals surface area contributed by atoms with Gasteiger partial charge in [-0.15, -0.1) is 6.58 Å². The quantitative estimate of drug-likeness (QED) is 0.709. The standard InChI is InChI=1S/C16H27N/c1-7-16(5)9-8-14(13(4)11-17-6)10-15(16)12(2)3/h7,14-15,17H,1-2,4,8-11H2,3,5-6H3. The van der Waals surface area contributed by atoms with Crippen LogP contribution in [0.2, 0.25) is 0 Å². The van der Waals surface area contributed by atoms with Crippen molar-refractivity contribution in [1.29, 1.82) is 0 Å². The summed E-state index contributed by atoms with van der Waals surface area (Å²) in [5, 5.41) is 3.20. The molecule has 3 atom stereocenters. The third-order valence-corrected chi connectivity index (χ3v) is 4.39. The van der Waals surface area contributed by atoms with Gasteiger partial charge >= 0.3 is 0 Å². The lowest BCUT2D eigenvalue weighted by Crippen LogP contribution is -2.34. The first-order valence-electron chi connectivity index (χ1n) is 6.56. The number of allylic oxidation sites excluding steroid dienone is 2. The van der Waals surface area contributed by atoms with Gasteiger partial charge in [0.25, 0.3) is 0 Å². The third-order valence-electron chi connectivity index (χ3n) is 4.39. The first-order chi connectivity index (χ1) is 7.94. The fraction of sp³-hybridized carbons (Fsp3) is 0.625. The van der Waals surface area contributed by atoms with Crippen molar-refractivity contribution in [3.63, 3.8) is 0 Å². The van der Waals surface area contributed by atoms with Crippen molar-refractivity contribution in [1.82, 2.24) is 5.32 Å². The molecule has 0 aliphatic heterocycles. The second-order valence-corrected chi connectivity index (χ2v) is 5.77. The van der Waals surface area contributed by atoms with E-state index in [4.69, 9.17) is 0 Å². The van der Waals surface area contributed by atoms with E-state index in [-0.39, 0.29) is 5.41 Å². The second kappa shape index (κ2) is 5.68. The molecule has 1 saturated carbocycles. The lowest BCUT2D eigenvalue weighted by atomic mass is 9.61. The van der Waals surface area contributed by atoms with Crippen molar-refractivity contribution in [3.05, 3.63) is 37.0 Å². The normalized spacial score (nSPS) is 33.1. The van der Waals surface area contributed by atoms with E-state index in [0.717, 1.165) is 6.54 Å². The molecule has 1 fully saturated rings. The second-order valence-electron chi connectivity index (χ2n) is 5.77. The molecule has 1 nitrogen and oxygen atoms in total. The van der Waals surface area contributed by atoms with E-state index in [1.807, 2.05) is 7.05 Å². The Morgan fingerprint density at radius 2 is 2.12 bits per heavy atom. The van der Waals surface area contributed by atoms with Gasteiger partial charge in [-0.05, 0) is 50.5 Å². The van der Waals surface area contributed by atoms with Crippen LogP contribution in [0.15, 0.2) is 37.0 Å². The lowest BCUT2D eigenvalue weighted by molar-refractivity contribution is 0.169. The van der Waals surface area contributed by atoms with Crippen LogP contribution in [-0.2, 0) is 0 Å². The lowest BCUT2D eigenvalue weighted by Gasteiger charge is -2.44. The minimum absolute atomic E-state index is 0.224. The van der Waals surface area contributed by atoms with Gasteiger partial charge in [-0.1, -0.05) is 37.3 Å². The number of likely N-dealkylation sites (N-methyl/N-ethyl adjacent to an activating group) is 1. The summed E-state index contributed by atoms with van der Waals surface area (Å²) in [6.07, 6.45) is 5.73. The van der Waals surface area contributed by atoms with Gasteiger partial charge in [-0.3, -0.25) is 0 Å². The Kier molecular flexibility index (Phi) is 4.76. The van der Waals surface area contributed by atoms with Gasteiger partial charge in [0, 0.05) is 6.54 Å². The topological polar surface area (TPSA) is 12.0 Å². The Labute approximate surface area is 107 Å². The molecule has 0 radical (unpaired) electrons. The summed E-state index contributed by atoms with van der Waals surface area (Å²) in [6.45, 7) is 17.8. The summed E-state index contributed by atoms with van der Waals surface area (Å²) in [6, 6.07) is 0. The van der Waals surface area contributed by atoms with Gasteiger partial charge in [0.1, 0.15) is 0 Å². The number of hydrogen-bond acceptors (Lipinski definition) is 1. The van der Waals surface area contributed by atoms with Crippen LogP contribution in [0.1, 0.15) is 33.1 Å². The maximum absolute atomic E-state index is 4.22. The predicted octanol–water partition coefficient (Wildman–Crippen LogP) is 3.95. The van der Waals surface area contributed by atoms with Crippen molar-refractivity contribution in [2.45, 2.75) is 33.1 Å². The highest BCUT2D eigenvalue weighted by atomic mass is 14.8. The number of hydrogen-bond donors (Lipinski definition) is 1. The molecule has 1 aliphatic carbocycles. The highest BCUT2D eigenvalue weighted by molar-refractivity contribution is 5.16. The van der Waals surface area contributed by atoms with Crippen LogP contribution in [0.5, 0.6) is 0 Å². The van der Waals surface area contributed by atoms with E-state index in [0.29, 0.717) is 11.8 Å². The molecular formula is C16H27N. The Morgan fingerprint density at radius 3 is 2.59 bits per heavy atom. The monoisotopic (exact) mass is 233 g/mol. The van der Waals surface area contributed by atoms with Gasteiger partial charge in [-0.2, -0.15) is 0 Å². The molecule has 0 saturated heterocycles. The average molecular weight is 233 g/mol. The van der Waals surface area contributed by atoms with Crippen molar-refractivity contribution >= 4 is 0 Å². The van der Waals surface area contributed by atoms with Gasteiger partial charge in [0.15, 0.2) is 0 Å². The van der Waals surface area contributed by atoms with E-state index in [1.54, 1.807) is 0 Å². The van der Waals surface area contributed by atoms with E-state index in [2.05, 4.69) is 45.0 Å². The zero-order valence-corrected chi connectivity index (χ0v) is 11.7. The predicted molar refractivity (Wildman–Crippen MR) is 77.0 cm³/mol. The number of rotatable bonds is 5. The Bertz CT molecular complexity index is 315. The van der Waals surface area contributed by atoms with Crippen LogP contribution in [0.3, 0.4) is 0 Å². The average Bonchev–Trinajstić information content (AvgIpc) is 2.29. The molecule has 3 unspecified atom stereocenters. The maximum Gasteiger partial charge on any atom is 0.0161 e. The van der Waals surface area contributed by atoms with Crippen molar-refractivity contribution < 1.29 is 0 Å². The largest absolute Gasteiger partial charge is 0.316 e. The minimum atomic E-state index is 0.224. The SMILES string of the molecule is C=CC1(C)CCC(C(=C)CNC)CC1C(=C)C. The van der Waals surface area contributed by atoms with Gasteiger partial charge in [0.05, 0.1) is 0 Å². The highest BCUT2D eigenvalue weighted by Gasteiger charge is 2.38. The van der Waals surface area contributed by atoms with Crippen molar-refractivity contribution in [2.24, 2.45) is 17.3 Å². The molecule has 0 aromatic rings. The Hall–Kier alpha value is -0.820. The molecule has 0 heterocycles. The molecule has 0 aromatic carbocycles. The zero-order valence-electron chi connectivity index (χ0n) is 11.7. The van der Waals surface area contributed by atoms with E-state index in [1.165, 1.54) is 30.4 Å². The molecule has 17 heavy (non-hydrogen) atoms. The molecule has 96 valence electrons. The molecule has 0 spiro atoms. The Morgan fingerprint density at radius 1 is 1.47 bits per heavy atom. The summed E-state index contributed by atoms with van der Waals surface area (Å²) < 4.78 is 0. The minimum Gasteiger partial charge on any atom is -0.316 e. The Balaban J connectivity index is 2.79. The van der Waals surface area contributed by atoms with Gasteiger partial charge in [0.2, 0.25) is 0 Å². The molecule has 1 heteroatoms. The van der Waals surface area contributed by atoms with Crippen molar-refractivity contribution in [3.8, 4) is 0 Å². The summed E-state index contributed by atoms with van der Waals surface area (Å²) in [5.74, 6) is 1.18. The first kappa shape index (κ1) is 14.2. The molecule has 1 rings (SSSR count).